The molecule has 9 nitrogen and oxygen atoms in total. The molecule has 0 saturated carbocycles. The van der Waals surface area contributed by atoms with E-state index in [4.69, 9.17) is 13.9 Å². The van der Waals surface area contributed by atoms with Crippen molar-refractivity contribution in [3.05, 3.63) is 24.2 Å². The van der Waals surface area contributed by atoms with Crippen LogP contribution in [0.5, 0.6) is 0 Å². The lowest BCUT2D eigenvalue weighted by molar-refractivity contribution is -0.139. The van der Waals surface area contributed by atoms with Crippen molar-refractivity contribution in [2.45, 2.75) is 12.5 Å². The number of furan rings is 1. The molecule has 0 unspecified atom stereocenters. The van der Waals surface area contributed by atoms with E-state index in [0.29, 0.717) is 26.3 Å². The van der Waals surface area contributed by atoms with E-state index >= 15 is 0 Å². The highest BCUT2D eigenvalue weighted by molar-refractivity contribution is 6.35. The molecule has 2 N–H and O–H groups in total. The molecule has 0 aromatic carbocycles. The molecule has 28 heavy (non-hydrogen) atoms. The van der Waals surface area contributed by atoms with Crippen molar-refractivity contribution < 1.29 is 23.5 Å². The van der Waals surface area contributed by atoms with Crippen LogP contribution in [-0.2, 0) is 19.1 Å². The zero-order valence-electron chi connectivity index (χ0n) is 16.2. The molecular formula is C19H30N4O5. The number of rotatable bonds is 8. The summed E-state index contributed by atoms with van der Waals surface area (Å²) in [5, 5.41) is 5.43. The second-order valence-corrected chi connectivity index (χ2v) is 6.95. The number of nitrogens with one attached hydrogen (secondary N) is 2. The maximum Gasteiger partial charge on any atom is 0.309 e. The Hall–Kier alpha value is -1.94. The average molecular weight is 394 g/mol. The highest BCUT2D eigenvalue weighted by Gasteiger charge is 2.26. The van der Waals surface area contributed by atoms with Gasteiger partial charge in [0.2, 0.25) is 0 Å². The SMILES string of the molecule is O=C(NCCCN1CCOCC1)C(=O)NC[C@@H](c1ccco1)N1CCOCC1. The van der Waals surface area contributed by atoms with Gasteiger partial charge in [-0.05, 0) is 25.1 Å². The standard InChI is InChI=1S/C19H30N4O5/c24-18(20-4-2-5-22-6-11-26-12-7-22)19(25)21-15-16(17-3-1-10-28-17)23-8-13-27-14-9-23/h1,3,10,16H,2,4-9,11-15H2,(H,20,24)(H,21,25)/t16-/m0/s1. The monoisotopic (exact) mass is 394 g/mol. The fraction of sp³-hybridized carbons (Fsp3) is 0.684. The Morgan fingerprint density at radius 3 is 2.36 bits per heavy atom. The van der Waals surface area contributed by atoms with Crippen molar-refractivity contribution >= 4 is 11.8 Å². The summed E-state index contributed by atoms with van der Waals surface area (Å²) in [6.45, 7) is 7.86. The van der Waals surface area contributed by atoms with Gasteiger partial charge in [0.05, 0.1) is 38.7 Å². The number of carbonyl (C=O) groups excluding carboxylic acids is 2. The first-order valence-corrected chi connectivity index (χ1v) is 9.95. The minimum Gasteiger partial charge on any atom is -0.468 e. The smallest absolute Gasteiger partial charge is 0.309 e. The molecule has 0 spiro atoms. The van der Waals surface area contributed by atoms with Crippen molar-refractivity contribution in [3.63, 3.8) is 0 Å². The van der Waals surface area contributed by atoms with E-state index in [0.717, 1.165) is 58.1 Å². The van der Waals surface area contributed by atoms with E-state index in [9.17, 15) is 9.59 Å². The number of hydrogen-bond donors (Lipinski definition) is 2. The van der Waals surface area contributed by atoms with Gasteiger partial charge in [0.25, 0.3) is 0 Å². The van der Waals surface area contributed by atoms with E-state index in [-0.39, 0.29) is 6.04 Å². The van der Waals surface area contributed by atoms with Gasteiger partial charge in [0.15, 0.2) is 0 Å². The van der Waals surface area contributed by atoms with Gasteiger partial charge in [-0.2, -0.15) is 0 Å². The molecule has 156 valence electrons. The molecule has 3 rings (SSSR count). The number of carbonyl (C=O) groups is 2. The van der Waals surface area contributed by atoms with Crippen molar-refractivity contribution in [1.82, 2.24) is 20.4 Å². The summed E-state index contributed by atoms with van der Waals surface area (Å²) in [5.74, 6) is -0.438. The number of ether oxygens (including phenoxy) is 2. The fourth-order valence-electron chi connectivity index (χ4n) is 3.46. The lowest BCUT2D eigenvalue weighted by atomic mass is 10.1. The van der Waals surface area contributed by atoms with Crippen LogP contribution in [0.25, 0.3) is 0 Å². The predicted molar refractivity (Wildman–Crippen MR) is 102 cm³/mol. The Bertz CT molecular complexity index is 597. The summed E-state index contributed by atoms with van der Waals surface area (Å²) in [6, 6.07) is 3.60. The van der Waals surface area contributed by atoms with Gasteiger partial charge < -0.3 is 24.5 Å². The molecule has 0 bridgehead atoms. The molecule has 0 aliphatic carbocycles. The highest BCUT2D eigenvalue weighted by Crippen LogP contribution is 2.21. The summed E-state index contributed by atoms with van der Waals surface area (Å²) >= 11 is 0. The topological polar surface area (TPSA) is 96.3 Å². The number of morpholine rings is 2. The summed E-state index contributed by atoms with van der Waals surface area (Å²) < 4.78 is 16.2. The van der Waals surface area contributed by atoms with Crippen LogP contribution >= 0.6 is 0 Å². The van der Waals surface area contributed by atoms with Gasteiger partial charge in [-0.25, -0.2) is 0 Å². The van der Waals surface area contributed by atoms with Crippen LogP contribution in [0.15, 0.2) is 22.8 Å². The van der Waals surface area contributed by atoms with Crippen LogP contribution in [0.2, 0.25) is 0 Å². The first-order valence-electron chi connectivity index (χ1n) is 9.95. The normalized spacial score (nSPS) is 19.9. The number of hydrogen-bond acceptors (Lipinski definition) is 7. The van der Waals surface area contributed by atoms with Gasteiger partial charge in [-0.3, -0.25) is 19.4 Å². The molecule has 1 atom stereocenters. The van der Waals surface area contributed by atoms with Gasteiger partial charge in [0, 0.05) is 39.3 Å². The molecule has 2 aliphatic heterocycles. The molecule has 9 heteroatoms. The van der Waals surface area contributed by atoms with Gasteiger partial charge in [0.1, 0.15) is 5.76 Å². The molecule has 2 fully saturated rings. The van der Waals surface area contributed by atoms with Crippen LogP contribution in [-0.4, -0.2) is 93.9 Å². The molecule has 1 aromatic heterocycles. The highest BCUT2D eigenvalue weighted by atomic mass is 16.5. The van der Waals surface area contributed by atoms with Gasteiger partial charge >= 0.3 is 11.8 Å². The third-order valence-corrected chi connectivity index (χ3v) is 5.06. The molecule has 1 aromatic rings. The lowest BCUT2D eigenvalue weighted by Crippen LogP contribution is -2.47. The van der Waals surface area contributed by atoms with Crippen LogP contribution in [0.4, 0.5) is 0 Å². The Kier molecular flexibility index (Phi) is 8.28. The molecular weight excluding hydrogens is 364 g/mol. The van der Waals surface area contributed by atoms with Crippen LogP contribution < -0.4 is 10.6 Å². The summed E-state index contributed by atoms with van der Waals surface area (Å²) in [7, 11) is 0. The van der Waals surface area contributed by atoms with Crippen molar-refractivity contribution in [1.29, 1.82) is 0 Å². The van der Waals surface area contributed by atoms with Gasteiger partial charge in [-0.1, -0.05) is 0 Å². The zero-order chi connectivity index (χ0) is 19.6. The lowest BCUT2D eigenvalue weighted by Gasteiger charge is -2.33. The van der Waals surface area contributed by atoms with E-state index in [1.165, 1.54) is 0 Å². The summed E-state index contributed by atoms with van der Waals surface area (Å²) in [4.78, 5) is 28.7. The van der Waals surface area contributed by atoms with Crippen molar-refractivity contribution in [3.8, 4) is 0 Å². The van der Waals surface area contributed by atoms with E-state index in [1.807, 2.05) is 12.1 Å². The van der Waals surface area contributed by atoms with Crippen LogP contribution in [0.1, 0.15) is 18.2 Å². The quantitative estimate of drug-likeness (QED) is 0.458. The van der Waals surface area contributed by atoms with Crippen LogP contribution in [0, 0.1) is 0 Å². The first kappa shape index (κ1) is 20.8. The number of amides is 2. The third-order valence-electron chi connectivity index (χ3n) is 5.06. The fourth-order valence-corrected chi connectivity index (χ4v) is 3.46. The maximum absolute atomic E-state index is 12.2. The minimum absolute atomic E-state index is 0.114. The number of nitrogens with zero attached hydrogens (tertiary/aromatic N) is 2. The molecule has 2 amide bonds. The Balaban J connectivity index is 1.38. The molecule has 2 aliphatic rings. The molecule has 0 radical (unpaired) electrons. The van der Waals surface area contributed by atoms with E-state index in [1.54, 1.807) is 6.26 Å². The van der Waals surface area contributed by atoms with Crippen LogP contribution in [0.3, 0.4) is 0 Å². The molecule has 3 heterocycles. The first-order chi connectivity index (χ1) is 13.7. The third kappa shape index (κ3) is 6.30. The second kappa shape index (κ2) is 11.2. The van der Waals surface area contributed by atoms with E-state index in [2.05, 4.69) is 20.4 Å². The summed E-state index contributed by atoms with van der Waals surface area (Å²) in [5.41, 5.74) is 0. The largest absolute Gasteiger partial charge is 0.468 e. The Morgan fingerprint density at radius 1 is 1.00 bits per heavy atom. The second-order valence-electron chi connectivity index (χ2n) is 6.95. The van der Waals surface area contributed by atoms with E-state index < -0.39 is 11.8 Å². The maximum atomic E-state index is 12.2. The summed E-state index contributed by atoms with van der Waals surface area (Å²) in [6.07, 6.45) is 2.42. The predicted octanol–water partition coefficient (Wildman–Crippen LogP) is -0.392. The Labute approximate surface area is 165 Å². The minimum atomic E-state index is -0.615. The Morgan fingerprint density at radius 2 is 1.68 bits per heavy atom. The molecule has 2 saturated heterocycles. The van der Waals surface area contributed by atoms with Gasteiger partial charge in [-0.15, -0.1) is 0 Å². The zero-order valence-corrected chi connectivity index (χ0v) is 16.2. The van der Waals surface area contributed by atoms with Crippen molar-refractivity contribution in [2.75, 3.05) is 72.2 Å². The van der Waals surface area contributed by atoms with Crippen molar-refractivity contribution in [2.24, 2.45) is 0 Å². The average Bonchev–Trinajstić information content (AvgIpc) is 3.27.